The number of carbonyl (C=O) groups is 1. The Balaban J connectivity index is 3.20. The molecule has 0 saturated carbocycles. The molecular formula is C11H9F2NO. The molecule has 0 N–H and O–H groups in total. The van der Waals surface area contributed by atoms with Gasteiger partial charge in [-0.25, -0.2) is 8.78 Å². The minimum Gasteiger partial charge on any atom is -0.359 e. The highest BCUT2D eigenvalue weighted by Gasteiger charge is 2.14. The SMILES string of the molecule is C#CCN(C)c1c(F)cc(C=O)cc1F. The van der Waals surface area contributed by atoms with E-state index in [2.05, 4.69) is 5.92 Å². The van der Waals surface area contributed by atoms with Crippen molar-refractivity contribution in [1.82, 2.24) is 0 Å². The van der Waals surface area contributed by atoms with E-state index in [-0.39, 0.29) is 17.8 Å². The molecule has 0 fully saturated rings. The van der Waals surface area contributed by atoms with Crippen molar-refractivity contribution in [2.75, 3.05) is 18.5 Å². The van der Waals surface area contributed by atoms with Gasteiger partial charge in [0.05, 0.1) is 6.54 Å². The van der Waals surface area contributed by atoms with E-state index >= 15 is 0 Å². The Morgan fingerprint density at radius 1 is 1.47 bits per heavy atom. The van der Waals surface area contributed by atoms with Gasteiger partial charge in [-0.3, -0.25) is 4.79 Å². The number of rotatable bonds is 3. The summed E-state index contributed by atoms with van der Waals surface area (Å²) in [7, 11) is 1.47. The first-order chi connectivity index (χ1) is 7.10. The predicted molar refractivity (Wildman–Crippen MR) is 53.8 cm³/mol. The van der Waals surface area contributed by atoms with Crippen LogP contribution in [0, 0.1) is 24.0 Å². The molecule has 4 heteroatoms. The summed E-state index contributed by atoms with van der Waals surface area (Å²) in [5.41, 5.74) is -0.263. The predicted octanol–water partition coefficient (Wildman–Crippen LogP) is 1.85. The standard InChI is InChI=1S/C11H9F2NO/c1-3-4-14(2)11-9(12)5-8(7-15)6-10(11)13/h1,5-7H,4H2,2H3. The molecule has 0 amide bonds. The van der Waals surface area contributed by atoms with E-state index in [1.165, 1.54) is 11.9 Å². The van der Waals surface area contributed by atoms with Crippen LogP contribution in [-0.4, -0.2) is 19.9 Å². The molecule has 1 aromatic carbocycles. The molecule has 0 aliphatic heterocycles. The van der Waals surface area contributed by atoms with Gasteiger partial charge in [0, 0.05) is 12.6 Å². The number of benzene rings is 1. The van der Waals surface area contributed by atoms with E-state index in [4.69, 9.17) is 6.42 Å². The van der Waals surface area contributed by atoms with E-state index in [9.17, 15) is 13.6 Å². The molecule has 78 valence electrons. The van der Waals surface area contributed by atoms with Gasteiger partial charge in [0.2, 0.25) is 0 Å². The molecule has 1 aromatic rings. The van der Waals surface area contributed by atoms with Crippen LogP contribution in [0.15, 0.2) is 12.1 Å². The maximum atomic E-state index is 13.4. The minimum atomic E-state index is -0.796. The Bertz CT molecular complexity index is 400. The monoisotopic (exact) mass is 209 g/mol. The Labute approximate surface area is 86.5 Å². The molecule has 0 spiro atoms. The fraction of sp³-hybridized carbons (Fsp3) is 0.182. The zero-order chi connectivity index (χ0) is 11.4. The summed E-state index contributed by atoms with van der Waals surface area (Å²) in [5.74, 6) is 0.679. The van der Waals surface area contributed by atoms with Crippen molar-refractivity contribution in [2.24, 2.45) is 0 Å². The van der Waals surface area contributed by atoms with Crippen LogP contribution in [0.5, 0.6) is 0 Å². The molecule has 15 heavy (non-hydrogen) atoms. The average Bonchev–Trinajstić information content (AvgIpc) is 2.16. The van der Waals surface area contributed by atoms with Gasteiger partial charge in [-0.15, -0.1) is 6.42 Å². The third-order valence-corrected chi connectivity index (χ3v) is 1.89. The molecule has 0 heterocycles. The van der Waals surface area contributed by atoms with Gasteiger partial charge in [-0.1, -0.05) is 5.92 Å². The summed E-state index contributed by atoms with van der Waals surface area (Å²) < 4.78 is 26.7. The lowest BCUT2D eigenvalue weighted by molar-refractivity contribution is 0.112. The van der Waals surface area contributed by atoms with E-state index in [0.29, 0.717) is 6.29 Å². The lowest BCUT2D eigenvalue weighted by Crippen LogP contribution is -2.20. The molecule has 0 aliphatic carbocycles. The Kier molecular flexibility index (Phi) is 3.40. The van der Waals surface area contributed by atoms with Gasteiger partial charge < -0.3 is 4.90 Å². The first-order valence-electron chi connectivity index (χ1n) is 4.19. The molecule has 0 radical (unpaired) electrons. The molecule has 0 saturated heterocycles. The fourth-order valence-corrected chi connectivity index (χ4v) is 1.23. The quantitative estimate of drug-likeness (QED) is 0.559. The summed E-state index contributed by atoms with van der Waals surface area (Å²) in [4.78, 5) is 11.6. The zero-order valence-corrected chi connectivity index (χ0v) is 8.13. The lowest BCUT2D eigenvalue weighted by atomic mass is 10.2. The van der Waals surface area contributed by atoms with Gasteiger partial charge in [0.15, 0.2) is 0 Å². The summed E-state index contributed by atoms with van der Waals surface area (Å²) in [6.07, 6.45) is 5.42. The number of hydrogen-bond acceptors (Lipinski definition) is 2. The number of hydrogen-bond donors (Lipinski definition) is 0. The molecule has 0 aliphatic rings. The normalized spacial score (nSPS) is 9.47. The number of nitrogens with zero attached hydrogens (tertiary/aromatic N) is 1. The average molecular weight is 209 g/mol. The molecule has 0 bridgehead atoms. The highest BCUT2D eigenvalue weighted by atomic mass is 19.1. The first-order valence-corrected chi connectivity index (χ1v) is 4.19. The van der Waals surface area contributed by atoms with Crippen LogP contribution >= 0.6 is 0 Å². The second-order valence-electron chi connectivity index (χ2n) is 3.01. The third kappa shape index (κ3) is 2.32. The van der Waals surface area contributed by atoms with E-state index in [0.717, 1.165) is 12.1 Å². The second-order valence-corrected chi connectivity index (χ2v) is 3.01. The molecule has 0 unspecified atom stereocenters. The summed E-state index contributed by atoms with van der Waals surface area (Å²) >= 11 is 0. The van der Waals surface area contributed by atoms with Crippen LogP contribution in [0.1, 0.15) is 10.4 Å². The number of aldehydes is 1. The Hall–Kier alpha value is -1.89. The zero-order valence-electron chi connectivity index (χ0n) is 8.13. The highest BCUT2D eigenvalue weighted by Crippen LogP contribution is 2.23. The molecule has 1 rings (SSSR count). The van der Waals surface area contributed by atoms with E-state index < -0.39 is 11.6 Å². The van der Waals surface area contributed by atoms with Crippen molar-refractivity contribution >= 4 is 12.0 Å². The molecule has 0 atom stereocenters. The van der Waals surface area contributed by atoms with E-state index in [1.807, 2.05) is 0 Å². The van der Waals surface area contributed by atoms with Crippen molar-refractivity contribution in [1.29, 1.82) is 0 Å². The minimum absolute atomic E-state index is 0.0390. The summed E-state index contributed by atoms with van der Waals surface area (Å²) in [6, 6.07) is 1.94. The smallest absolute Gasteiger partial charge is 0.150 e. The van der Waals surface area contributed by atoms with Gasteiger partial charge in [-0.2, -0.15) is 0 Å². The van der Waals surface area contributed by atoms with Crippen molar-refractivity contribution in [3.05, 3.63) is 29.3 Å². The maximum Gasteiger partial charge on any atom is 0.150 e. The largest absolute Gasteiger partial charge is 0.359 e. The fourth-order valence-electron chi connectivity index (χ4n) is 1.23. The van der Waals surface area contributed by atoms with Crippen molar-refractivity contribution in [3.63, 3.8) is 0 Å². The Morgan fingerprint density at radius 3 is 2.40 bits per heavy atom. The van der Waals surface area contributed by atoms with Crippen LogP contribution in [-0.2, 0) is 0 Å². The summed E-state index contributed by atoms with van der Waals surface area (Å²) in [6.45, 7) is 0.0915. The van der Waals surface area contributed by atoms with Crippen LogP contribution in [0.2, 0.25) is 0 Å². The molecular weight excluding hydrogens is 200 g/mol. The molecule has 0 aromatic heterocycles. The summed E-state index contributed by atoms with van der Waals surface area (Å²) in [5, 5.41) is 0. The topological polar surface area (TPSA) is 20.3 Å². The van der Waals surface area contributed by atoms with Crippen molar-refractivity contribution < 1.29 is 13.6 Å². The number of halogens is 2. The van der Waals surface area contributed by atoms with Gasteiger partial charge >= 0.3 is 0 Å². The number of carbonyl (C=O) groups excluding carboxylic acids is 1. The number of terminal acetylenes is 1. The maximum absolute atomic E-state index is 13.4. The molecule has 2 nitrogen and oxygen atoms in total. The van der Waals surface area contributed by atoms with Crippen LogP contribution in [0.4, 0.5) is 14.5 Å². The van der Waals surface area contributed by atoms with Crippen molar-refractivity contribution in [3.8, 4) is 12.3 Å². The van der Waals surface area contributed by atoms with Gasteiger partial charge in [-0.05, 0) is 12.1 Å². The van der Waals surface area contributed by atoms with Crippen molar-refractivity contribution in [2.45, 2.75) is 0 Å². The van der Waals surface area contributed by atoms with Crippen LogP contribution in [0.3, 0.4) is 0 Å². The lowest BCUT2D eigenvalue weighted by Gasteiger charge is -2.17. The van der Waals surface area contributed by atoms with Gasteiger partial charge in [0.25, 0.3) is 0 Å². The van der Waals surface area contributed by atoms with E-state index in [1.54, 1.807) is 0 Å². The number of anilines is 1. The Morgan fingerprint density at radius 2 is 2.00 bits per heavy atom. The third-order valence-electron chi connectivity index (χ3n) is 1.89. The first kappa shape index (κ1) is 11.2. The second kappa shape index (κ2) is 4.56. The highest BCUT2D eigenvalue weighted by molar-refractivity contribution is 5.76. The van der Waals surface area contributed by atoms with Crippen LogP contribution in [0.25, 0.3) is 0 Å². The van der Waals surface area contributed by atoms with Gasteiger partial charge in [0.1, 0.15) is 23.6 Å². The van der Waals surface area contributed by atoms with Crippen LogP contribution < -0.4 is 4.90 Å².